The van der Waals surface area contributed by atoms with E-state index in [9.17, 15) is 5.11 Å². The third-order valence-corrected chi connectivity index (χ3v) is 3.43. The van der Waals surface area contributed by atoms with Crippen LogP contribution in [0.2, 0.25) is 0 Å². The van der Waals surface area contributed by atoms with E-state index in [0.29, 0.717) is 25.4 Å². The fourth-order valence-electron chi connectivity index (χ4n) is 2.61. The predicted octanol–water partition coefficient (Wildman–Crippen LogP) is 0.635. The highest BCUT2D eigenvalue weighted by atomic mass is 16.5. The predicted molar refractivity (Wildman–Crippen MR) is 61.4 cm³/mol. The van der Waals surface area contributed by atoms with Crippen molar-refractivity contribution in [2.75, 3.05) is 26.3 Å². The van der Waals surface area contributed by atoms with Crippen LogP contribution in [-0.4, -0.2) is 60.7 Å². The van der Waals surface area contributed by atoms with Crippen molar-refractivity contribution in [3.63, 3.8) is 0 Å². The molecule has 0 saturated carbocycles. The largest absolute Gasteiger partial charge is 0.389 e. The van der Waals surface area contributed by atoms with Gasteiger partial charge in [-0.25, -0.2) is 0 Å². The lowest BCUT2D eigenvalue weighted by atomic mass is 10.0. The van der Waals surface area contributed by atoms with Gasteiger partial charge in [0.1, 0.15) is 0 Å². The van der Waals surface area contributed by atoms with Gasteiger partial charge in [0.15, 0.2) is 0 Å². The van der Waals surface area contributed by atoms with E-state index in [0.717, 1.165) is 25.9 Å². The summed E-state index contributed by atoms with van der Waals surface area (Å²) in [6.45, 7) is 7.37. The summed E-state index contributed by atoms with van der Waals surface area (Å²) in [7, 11) is 0. The van der Waals surface area contributed by atoms with Gasteiger partial charge in [0.25, 0.3) is 0 Å². The lowest BCUT2D eigenvalue weighted by molar-refractivity contribution is -0.0404. The third kappa shape index (κ3) is 2.94. The Morgan fingerprint density at radius 2 is 1.94 bits per heavy atom. The molecular formula is C12H23NO3. The zero-order valence-electron chi connectivity index (χ0n) is 10.3. The van der Waals surface area contributed by atoms with Crippen molar-refractivity contribution in [3.8, 4) is 0 Å². The Morgan fingerprint density at radius 1 is 1.25 bits per heavy atom. The normalized spacial score (nSPS) is 33.8. The minimum atomic E-state index is -0.303. The van der Waals surface area contributed by atoms with Gasteiger partial charge in [-0.1, -0.05) is 0 Å². The van der Waals surface area contributed by atoms with E-state index >= 15 is 0 Å². The minimum Gasteiger partial charge on any atom is -0.389 e. The van der Waals surface area contributed by atoms with Crippen LogP contribution in [0.3, 0.4) is 0 Å². The van der Waals surface area contributed by atoms with Gasteiger partial charge in [0.05, 0.1) is 37.6 Å². The van der Waals surface area contributed by atoms with Crippen LogP contribution in [0, 0.1) is 0 Å². The number of aliphatic hydroxyl groups is 1. The maximum atomic E-state index is 9.75. The molecule has 2 atom stereocenters. The molecule has 2 heterocycles. The fraction of sp³-hybridized carbons (Fsp3) is 1.00. The van der Waals surface area contributed by atoms with Crippen molar-refractivity contribution in [3.05, 3.63) is 0 Å². The molecule has 0 amide bonds. The van der Waals surface area contributed by atoms with Crippen molar-refractivity contribution in [2.24, 2.45) is 0 Å². The van der Waals surface area contributed by atoms with E-state index in [1.807, 2.05) is 0 Å². The van der Waals surface area contributed by atoms with Crippen LogP contribution in [-0.2, 0) is 9.47 Å². The first kappa shape index (κ1) is 12.3. The van der Waals surface area contributed by atoms with Crippen LogP contribution in [0.15, 0.2) is 0 Å². The summed E-state index contributed by atoms with van der Waals surface area (Å²) in [5.74, 6) is 0. The molecule has 0 aromatic heterocycles. The highest BCUT2D eigenvalue weighted by molar-refractivity contribution is 4.86. The van der Waals surface area contributed by atoms with Gasteiger partial charge in [-0.3, -0.25) is 4.90 Å². The molecule has 2 aliphatic rings. The summed E-state index contributed by atoms with van der Waals surface area (Å²) in [5, 5.41) is 9.75. The molecule has 4 nitrogen and oxygen atoms in total. The van der Waals surface area contributed by atoms with E-state index in [1.54, 1.807) is 0 Å². The van der Waals surface area contributed by atoms with Gasteiger partial charge in [-0.15, -0.1) is 0 Å². The summed E-state index contributed by atoms with van der Waals surface area (Å²) in [6, 6.07) is 0.208. The first-order valence-corrected chi connectivity index (χ1v) is 6.32. The van der Waals surface area contributed by atoms with Crippen LogP contribution < -0.4 is 0 Å². The Labute approximate surface area is 97.5 Å². The molecule has 4 heteroatoms. The summed E-state index contributed by atoms with van der Waals surface area (Å²) >= 11 is 0. The van der Waals surface area contributed by atoms with Crippen molar-refractivity contribution in [1.82, 2.24) is 4.90 Å². The number of likely N-dealkylation sites (tertiary alicyclic amines) is 1. The van der Waals surface area contributed by atoms with Gasteiger partial charge in [-0.05, 0) is 26.7 Å². The van der Waals surface area contributed by atoms with Crippen molar-refractivity contribution in [1.29, 1.82) is 0 Å². The first-order valence-electron chi connectivity index (χ1n) is 6.32. The van der Waals surface area contributed by atoms with Gasteiger partial charge in [0, 0.05) is 13.1 Å². The average molecular weight is 229 g/mol. The molecule has 0 spiro atoms. The summed E-state index contributed by atoms with van der Waals surface area (Å²) in [5.41, 5.74) is 0. The average Bonchev–Trinajstić information content (AvgIpc) is 2.65. The molecule has 16 heavy (non-hydrogen) atoms. The molecule has 0 unspecified atom stereocenters. The van der Waals surface area contributed by atoms with Gasteiger partial charge in [0.2, 0.25) is 0 Å². The zero-order valence-corrected chi connectivity index (χ0v) is 10.3. The fourth-order valence-corrected chi connectivity index (χ4v) is 2.61. The van der Waals surface area contributed by atoms with Crippen LogP contribution in [0.4, 0.5) is 0 Å². The SMILES string of the molecule is CC(C)OC1CCN([C@@H]2COC[C@H]2O)CC1. The van der Waals surface area contributed by atoms with Gasteiger partial charge < -0.3 is 14.6 Å². The molecule has 0 bridgehead atoms. The number of hydrogen-bond acceptors (Lipinski definition) is 4. The van der Waals surface area contributed by atoms with Crippen molar-refractivity contribution in [2.45, 2.75) is 51.0 Å². The van der Waals surface area contributed by atoms with Crippen molar-refractivity contribution >= 4 is 0 Å². The molecular weight excluding hydrogens is 206 g/mol. The molecule has 0 radical (unpaired) electrons. The molecule has 2 rings (SSSR count). The highest BCUT2D eigenvalue weighted by Gasteiger charge is 2.34. The van der Waals surface area contributed by atoms with Crippen molar-refractivity contribution < 1.29 is 14.6 Å². The van der Waals surface area contributed by atoms with Gasteiger partial charge in [-0.2, -0.15) is 0 Å². The third-order valence-electron chi connectivity index (χ3n) is 3.43. The van der Waals surface area contributed by atoms with E-state index in [1.165, 1.54) is 0 Å². The lowest BCUT2D eigenvalue weighted by Gasteiger charge is -2.36. The first-order chi connectivity index (χ1) is 7.66. The summed E-state index contributed by atoms with van der Waals surface area (Å²) in [6.07, 6.45) is 2.55. The Kier molecular flexibility index (Phi) is 4.19. The zero-order chi connectivity index (χ0) is 11.5. The number of aliphatic hydroxyl groups excluding tert-OH is 1. The Hall–Kier alpha value is -0.160. The number of piperidine rings is 1. The maximum absolute atomic E-state index is 9.75. The van der Waals surface area contributed by atoms with E-state index in [-0.39, 0.29) is 12.1 Å². The van der Waals surface area contributed by atoms with Crippen LogP contribution in [0.1, 0.15) is 26.7 Å². The maximum Gasteiger partial charge on any atom is 0.0950 e. The second kappa shape index (κ2) is 5.45. The number of rotatable bonds is 3. The smallest absolute Gasteiger partial charge is 0.0950 e. The Bertz CT molecular complexity index is 214. The molecule has 2 aliphatic heterocycles. The lowest BCUT2D eigenvalue weighted by Crippen LogP contribution is -2.48. The van der Waals surface area contributed by atoms with Crippen LogP contribution in [0.25, 0.3) is 0 Å². The molecule has 0 aromatic rings. The molecule has 2 saturated heterocycles. The number of hydrogen-bond donors (Lipinski definition) is 1. The van der Waals surface area contributed by atoms with E-state index in [2.05, 4.69) is 18.7 Å². The van der Waals surface area contributed by atoms with Gasteiger partial charge >= 0.3 is 0 Å². The Balaban J connectivity index is 1.76. The Morgan fingerprint density at radius 3 is 2.44 bits per heavy atom. The molecule has 94 valence electrons. The number of ether oxygens (including phenoxy) is 2. The molecule has 0 aliphatic carbocycles. The summed E-state index contributed by atoms with van der Waals surface area (Å²) in [4.78, 5) is 2.35. The monoisotopic (exact) mass is 229 g/mol. The minimum absolute atomic E-state index is 0.208. The van der Waals surface area contributed by atoms with E-state index in [4.69, 9.17) is 9.47 Å². The molecule has 1 N–H and O–H groups in total. The summed E-state index contributed by atoms with van der Waals surface area (Å²) < 4.78 is 11.1. The highest BCUT2D eigenvalue weighted by Crippen LogP contribution is 2.21. The second-order valence-corrected chi connectivity index (χ2v) is 5.09. The standard InChI is InChI=1S/C12H23NO3/c1-9(2)16-10-3-5-13(6-4-10)11-7-15-8-12(11)14/h9-12,14H,3-8H2,1-2H3/t11-,12-/m1/s1. The topological polar surface area (TPSA) is 41.9 Å². The van der Waals surface area contributed by atoms with E-state index < -0.39 is 0 Å². The quantitative estimate of drug-likeness (QED) is 0.771. The molecule has 2 fully saturated rings. The van der Waals surface area contributed by atoms with Crippen LogP contribution in [0.5, 0.6) is 0 Å². The molecule has 0 aromatic carbocycles. The van der Waals surface area contributed by atoms with Crippen LogP contribution >= 0.6 is 0 Å². The second-order valence-electron chi connectivity index (χ2n) is 5.09. The number of nitrogens with zero attached hydrogens (tertiary/aromatic N) is 1.